The number of aromatic nitrogens is 2. The maximum atomic E-state index is 13.1. The first kappa shape index (κ1) is 20.0. The predicted molar refractivity (Wildman–Crippen MR) is 109 cm³/mol. The Labute approximate surface area is 167 Å². The van der Waals surface area contributed by atoms with Crippen LogP contribution in [0.1, 0.15) is 19.4 Å². The second kappa shape index (κ2) is 8.12. The number of benzene rings is 2. The van der Waals surface area contributed by atoms with Crippen molar-refractivity contribution in [1.82, 2.24) is 9.78 Å². The van der Waals surface area contributed by atoms with E-state index in [1.807, 2.05) is 0 Å². The van der Waals surface area contributed by atoms with Crippen LogP contribution in [0.5, 0.6) is 0 Å². The molecule has 1 heterocycles. The normalized spacial score (nSPS) is 12.0. The summed E-state index contributed by atoms with van der Waals surface area (Å²) in [6.45, 7) is 3.26. The molecule has 0 bridgehead atoms. The first-order chi connectivity index (χ1) is 13.3. The molecule has 6 nitrogen and oxygen atoms in total. The zero-order chi connectivity index (χ0) is 20.3. The molecule has 3 aromatic rings. The van der Waals surface area contributed by atoms with Crippen molar-refractivity contribution < 1.29 is 12.8 Å². The number of para-hydroxylation sites is 1. The van der Waals surface area contributed by atoms with E-state index in [0.717, 1.165) is 0 Å². The number of rotatable bonds is 6. The van der Waals surface area contributed by atoms with Crippen molar-refractivity contribution in [3.63, 3.8) is 0 Å². The SMILES string of the molecule is CC(C)S(=O)(=O)c1ccccc1-n1nccc1NN=Cc1ccc(F)cc1Cl. The lowest BCUT2D eigenvalue weighted by Gasteiger charge is -2.14. The summed E-state index contributed by atoms with van der Waals surface area (Å²) in [5, 5.41) is 7.97. The summed E-state index contributed by atoms with van der Waals surface area (Å²) >= 11 is 5.97. The number of halogens is 2. The summed E-state index contributed by atoms with van der Waals surface area (Å²) in [5.41, 5.74) is 3.76. The number of hydrazone groups is 1. The fourth-order valence-electron chi connectivity index (χ4n) is 2.48. The third-order valence-electron chi connectivity index (χ3n) is 4.01. The first-order valence-corrected chi connectivity index (χ1v) is 10.3. The van der Waals surface area contributed by atoms with Crippen LogP contribution in [0, 0.1) is 5.82 Å². The van der Waals surface area contributed by atoms with Crippen molar-refractivity contribution in [3.8, 4) is 5.69 Å². The first-order valence-electron chi connectivity index (χ1n) is 8.42. The number of nitrogens with zero attached hydrogens (tertiary/aromatic N) is 3. The lowest BCUT2D eigenvalue weighted by atomic mass is 10.2. The van der Waals surface area contributed by atoms with Crippen LogP contribution in [0.2, 0.25) is 5.02 Å². The molecule has 0 radical (unpaired) electrons. The number of sulfone groups is 1. The lowest BCUT2D eigenvalue weighted by Crippen LogP contribution is -2.17. The molecule has 0 amide bonds. The molecule has 0 fully saturated rings. The standard InChI is InChI=1S/C19H18ClFN4O2S/c1-13(2)28(26,27)18-6-4-3-5-17(18)25-19(9-10-23-25)24-22-12-14-7-8-15(21)11-16(14)20/h3-13,24H,1-2H3. The van der Waals surface area contributed by atoms with Gasteiger partial charge in [0.1, 0.15) is 11.6 Å². The highest BCUT2D eigenvalue weighted by atomic mass is 35.5. The molecule has 0 aliphatic rings. The Balaban J connectivity index is 1.92. The smallest absolute Gasteiger partial charge is 0.182 e. The number of nitrogens with one attached hydrogen (secondary N) is 1. The highest BCUT2D eigenvalue weighted by Gasteiger charge is 2.24. The maximum absolute atomic E-state index is 13.1. The molecule has 0 unspecified atom stereocenters. The fraction of sp³-hybridized carbons (Fsp3) is 0.158. The van der Waals surface area contributed by atoms with E-state index in [-0.39, 0.29) is 9.92 Å². The highest BCUT2D eigenvalue weighted by molar-refractivity contribution is 7.92. The molecule has 0 aliphatic heterocycles. The van der Waals surface area contributed by atoms with Crippen LogP contribution >= 0.6 is 11.6 Å². The van der Waals surface area contributed by atoms with E-state index < -0.39 is 20.9 Å². The average Bonchev–Trinajstić information content (AvgIpc) is 3.11. The van der Waals surface area contributed by atoms with Crippen LogP contribution in [-0.4, -0.2) is 29.7 Å². The quantitative estimate of drug-likeness (QED) is 0.476. The van der Waals surface area contributed by atoms with Gasteiger partial charge < -0.3 is 0 Å². The molecule has 0 saturated heterocycles. The van der Waals surface area contributed by atoms with Gasteiger partial charge in [0.15, 0.2) is 9.84 Å². The molecule has 0 saturated carbocycles. The monoisotopic (exact) mass is 420 g/mol. The van der Waals surface area contributed by atoms with E-state index in [4.69, 9.17) is 11.6 Å². The van der Waals surface area contributed by atoms with Crippen molar-refractivity contribution in [3.05, 3.63) is 71.1 Å². The van der Waals surface area contributed by atoms with Crippen molar-refractivity contribution >= 4 is 33.5 Å². The molecule has 9 heteroatoms. The van der Waals surface area contributed by atoms with Crippen molar-refractivity contribution in [2.45, 2.75) is 24.0 Å². The average molecular weight is 421 g/mol. The number of hydrogen-bond donors (Lipinski definition) is 1. The van der Waals surface area contributed by atoms with Gasteiger partial charge in [-0.15, -0.1) is 0 Å². The van der Waals surface area contributed by atoms with Crippen molar-refractivity contribution in [2.75, 3.05) is 5.43 Å². The van der Waals surface area contributed by atoms with E-state index >= 15 is 0 Å². The summed E-state index contributed by atoms with van der Waals surface area (Å²) < 4.78 is 40.0. The Morgan fingerprint density at radius 1 is 1.21 bits per heavy atom. The Morgan fingerprint density at radius 3 is 2.68 bits per heavy atom. The van der Waals surface area contributed by atoms with Crippen LogP contribution in [-0.2, 0) is 9.84 Å². The second-order valence-corrected chi connectivity index (χ2v) is 9.11. The van der Waals surface area contributed by atoms with Crippen LogP contribution in [0.4, 0.5) is 10.2 Å². The van der Waals surface area contributed by atoms with E-state index in [9.17, 15) is 12.8 Å². The molecule has 28 heavy (non-hydrogen) atoms. The Kier molecular flexibility index (Phi) is 5.81. The zero-order valence-electron chi connectivity index (χ0n) is 15.2. The van der Waals surface area contributed by atoms with Crippen LogP contribution < -0.4 is 5.43 Å². The van der Waals surface area contributed by atoms with Gasteiger partial charge in [-0.25, -0.2) is 17.5 Å². The van der Waals surface area contributed by atoms with Crippen LogP contribution in [0.25, 0.3) is 5.69 Å². The summed E-state index contributed by atoms with van der Waals surface area (Å²) in [7, 11) is -3.50. The van der Waals surface area contributed by atoms with Gasteiger partial charge in [-0.05, 0) is 44.2 Å². The molecule has 1 N–H and O–H groups in total. The molecule has 3 rings (SSSR count). The summed E-state index contributed by atoms with van der Waals surface area (Å²) in [6.07, 6.45) is 2.97. The molecular formula is C19H18ClFN4O2S. The molecule has 0 spiro atoms. The molecule has 2 aromatic carbocycles. The van der Waals surface area contributed by atoms with Crippen molar-refractivity contribution in [2.24, 2.45) is 5.10 Å². The fourth-order valence-corrected chi connectivity index (χ4v) is 3.92. The minimum Gasteiger partial charge on any atom is -0.261 e. The van der Waals surface area contributed by atoms with Gasteiger partial charge in [0.2, 0.25) is 0 Å². The van der Waals surface area contributed by atoms with Crippen LogP contribution in [0.3, 0.4) is 0 Å². The van der Waals surface area contributed by atoms with Gasteiger partial charge in [0.05, 0.1) is 33.3 Å². The predicted octanol–water partition coefficient (Wildman–Crippen LogP) is 4.29. The molecule has 0 atom stereocenters. The van der Waals surface area contributed by atoms with E-state index in [0.29, 0.717) is 17.1 Å². The Hall–Kier alpha value is -2.71. The zero-order valence-corrected chi connectivity index (χ0v) is 16.7. The van der Waals surface area contributed by atoms with E-state index in [2.05, 4.69) is 15.6 Å². The molecular weight excluding hydrogens is 403 g/mol. The highest BCUT2D eigenvalue weighted by Crippen LogP contribution is 2.26. The number of hydrogen-bond acceptors (Lipinski definition) is 5. The van der Waals surface area contributed by atoms with Crippen molar-refractivity contribution in [1.29, 1.82) is 0 Å². The van der Waals surface area contributed by atoms with E-state index in [1.165, 1.54) is 35.3 Å². The Bertz CT molecular complexity index is 1130. The topological polar surface area (TPSA) is 76.3 Å². The van der Waals surface area contributed by atoms with Gasteiger partial charge in [0, 0.05) is 11.6 Å². The third kappa shape index (κ3) is 4.07. The largest absolute Gasteiger partial charge is 0.261 e. The summed E-state index contributed by atoms with van der Waals surface area (Å²) in [4.78, 5) is 0.183. The Morgan fingerprint density at radius 2 is 1.96 bits per heavy atom. The van der Waals surface area contributed by atoms with Gasteiger partial charge in [0.25, 0.3) is 0 Å². The van der Waals surface area contributed by atoms with Gasteiger partial charge in [-0.2, -0.15) is 10.2 Å². The summed E-state index contributed by atoms with van der Waals surface area (Å²) in [5.74, 6) is 0.0250. The minimum atomic E-state index is -3.50. The van der Waals surface area contributed by atoms with Gasteiger partial charge in [-0.1, -0.05) is 23.7 Å². The second-order valence-electron chi connectivity index (χ2n) is 6.23. The minimum absolute atomic E-state index is 0.183. The molecule has 0 aliphatic carbocycles. The van der Waals surface area contributed by atoms with Gasteiger partial charge >= 0.3 is 0 Å². The van der Waals surface area contributed by atoms with Gasteiger partial charge in [-0.3, -0.25) is 5.43 Å². The third-order valence-corrected chi connectivity index (χ3v) is 6.54. The lowest BCUT2D eigenvalue weighted by molar-refractivity contribution is 0.586. The van der Waals surface area contributed by atoms with Crippen LogP contribution in [0.15, 0.2) is 64.7 Å². The van der Waals surface area contributed by atoms with E-state index in [1.54, 1.807) is 44.2 Å². The molecule has 146 valence electrons. The molecule has 1 aromatic heterocycles. The maximum Gasteiger partial charge on any atom is 0.182 e. The summed E-state index contributed by atoms with van der Waals surface area (Å²) in [6, 6.07) is 12.3. The number of anilines is 1.